The van der Waals surface area contributed by atoms with E-state index < -0.39 is 11.9 Å². The number of amides is 3. The molecule has 0 aliphatic carbocycles. The van der Waals surface area contributed by atoms with E-state index in [4.69, 9.17) is 4.74 Å². The van der Waals surface area contributed by atoms with Crippen LogP contribution in [-0.2, 0) is 4.79 Å². The molecular weight excluding hydrogens is 330 g/mol. The topological polar surface area (TPSA) is 70.7 Å². The molecule has 0 saturated carbocycles. The van der Waals surface area contributed by atoms with Crippen molar-refractivity contribution in [3.05, 3.63) is 35.0 Å². The normalized spacial score (nSPS) is 19.8. The molecule has 0 spiro atoms. The second-order valence-electron chi connectivity index (χ2n) is 7.21. The van der Waals surface area contributed by atoms with Gasteiger partial charge in [-0.05, 0) is 44.9 Å². The largest absolute Gasteiger partial charge is 0.496 e. The van der Waals surface area contributed by atoms with E-state index in [0.717, 1.165) is 29.8 Å². The van der Waals surface area contributed by atoms with Gasteiger partial charge >= 0.3 is 6.03 Å². The number of imide groups is 1. The minimum Gasteiger partial charge on any atom is -0.496 e. The summed E-state index contributed by atoms with van der Waals surface area (Å²) in [6.07, 6.45) is 4.95. The Bertz CT molecular complexity index is 837. The number of hydrogen-bond donors (Lipinski definition) is 2. The van der Waals surface area contributed by atoms with Crippen LogP contribution in [0.4, 0.5) is 10.5 Å². The molecule has 2 aliphatic rings. The van der Waals surface area contributed by atoms with Gasteiger partial charge in [0, 0.05) is 29.4 Å². The summed E-state index contributed by atoms with van der Waals surface area (Å²) in [5.74, 6) is 0.229. The van der Waals surface area contributed by atoms with E-state index >= 15 is 0 Å². The number of fused-ring (bicyclic) bond motifs is 1. The number of benzene rings is 1. The maximum absolute atomic E-state index is 11.8. The fraction of sp³-hybridized carbons (Fsp3) is 0.400. The van der Waals surface area contributed by atoms with Crippen molar-refractivity contribution in [2.45, 2.75) is 39.7 Å². The third-order valence-electron chi connectivity index (χ3n) is 4.80. The van der Waals surface area contributed by atoms with E-state index in [-0.39, 0.29) is 11.2 Å². The summed E-state index contributed by atoms with van der Waals surface area (Å²) in [5.41, 5.74) is 4.29. The van der Waals surface area contributed by atoms with Gasteiger partial charge in [0.15, 0.2) is 0 Å². The number of nitrogens with zero attached hydrogens (tertiary/aromatic N) is 1. The van der Waals surface area contributed by atoms with Gasteiger partial charge in [0.25, 0.3) is 5.91 Å². The Morgan fingerprint density at radius 2 is 1.96 bits per heavy atom. The van der Waals surface area contributed by atoms with E-state index in [1.54, 1.807) is 13.2 Å². The fourth-order valence-corrected chi connectivity index (χ4v) is 3.68. The van der Waals surface area contributed by atoms with E-state index in [1.165, 1.54) is 5.57 Å². The number of anilines is 1. The van der Waals surface area contributed by atoms with Gasteiger partial charge < -0.3 is 15.0 Å². The van der Waals surface area contributed by atoms with Crippen LogP contribution in [0.15, 0.2) is 23.9 Å². The highest BCUT2D eigenvalue weighted by Gasteiger charge is 2.32. The van der Waals surface area contributed by atoms with Crippen molar-refractivity contribution in [1.82, 2.24) is 10.6 Å². The van der Waals surface area contributed by atoms with Gasteiger partial charge in [-0.15, -0.1) is 0 Å². The maximum Gasteiger partial charge on any atom is 0.326 e. The number of hydrogen-bond acceptors (Lipinski definition) is 4. The second-order valence-corrected chi connectivity index (χ2v) is 7.21. The number of methoxy groups -OCH3 is 1. The summed E-state index contributed by atoms with van der Waals surface area (Å²) in [4.78, 5) is 25.6. The van der Waals surface area contributed by atoms with E-state index in [1.807, 2.05) is 12.1 Å². The van der Waals surface area contributed by atoms with E-state index in [9.17, 15) is 9.59 Å². The van der Waals surface area contributed by atoms with Gasteiger partial charge in [-0.1, -0.05) is 13.0 Å². The molecule has 1 aromatic carbocycles. The lowest BCUT2D eigenvalue weighted by Crippen LogP contribution is -2.45. The standard InChI is InChI=1S/C20H25N3O3/c1-6-7-23-16-10-17(26-5)13(9-15-18(24)22-19(25)21-15)8-14(16)12(2)11-20(23,3)4/h8-11H,6-7H2,1-5H3,(H2,21,22,24,25)/b15-9-. The van der Waals surface area contributed by atoms with Gasteiger partial charge in [-0.25, -0.2) is 4.79 Å². The van der Waals surface area contributed by atoms with Gasteiger partial charge in [0.05, 0.1) is 12.6 Å². The number of rotatable bonds is 4. The summed E-state index contributed by atoms with van der Waals surface area (Å²) in [5, 5.41) is 4.73. The van der Waals surface area contributed by atoms with Crippen LogP contribution in [0.5, 0.6) is 5.75 Å². The van der Waals surface area contributed by atoms with E-state index in [2.05, 4.69) is 49.3 Å². The van der Waals surface area contributed by atoms with Gasteiger partial charge in [0.2, 0.25) is 0 Å². The molecule has 3 rings (SSSR count). The molecule has 138 valence electrons. The summed E-state index contributed by atoms with van der Waals surface area (Å²) in [6.45, 7) is 9.60. The van der Waals surface area contributed by atoms with Crippen LogP contribution >= 0.6 is 0 Å². The van der Waals surface area contributed by atoms with Gasteiger partial charge in [-0.3, -0.25) is 10.1 Å². The predicted molar refractivity (Wildman–Crippen MR) is 103 cm³/mol. The lowest BCUT2D eigenvalue weighted by atomic mass is 9.87. The Morgan fingerprint density at radius 3 is 2.54 bits per heavy atom. The highest BCUT2D eigenvalue weighted by molar-refractivity contribution is 6.14. The molecule has 2 aliphatic heterocycles. The minimum absolute atomic E-state index is 0.0859. The van der Waals surface area contributed by atoms with Crippen molar-refractivity contribution < 1.29 is 14.3 Å². The van der Waals surface area contributed by atoms with Crippen molar-refractivity contribution in [3.63, 3.8) is 0 Å². The second kappa shape index (κ2) is 6.52. The van der Waals surface area contributed by atoms with Crippen LogP contribution in [0.3, 0.4) is 0 Å². The first-order valence-electron chi connectivity index (χ1n) is 8.80. The molecule has 2 N–H and O–H groups in total. The predicted octanol–water partition coefficient (Wildman–Crippen LogP) is 3.29. The molecular formula is C20H25N3O3. The molecule has 0 atom stereocenters. The lowest BCUT2D eigenvalue weighted by molar-refractivity contribution is -0.115. The van der Waals surface area contributed by atoms with Crippen LogP contribution in [0, 0.1) is 0 Å². The molecule has 0 radical (unpaired) electrons. The smallest absolute Gasteiger partial charge is 0.326 e. The van der Waals surface area contributed by atoms with Crippen molar-refractivity contribution in [1.29, 1.82) is 0 Å². The molecule has 26 heavy (non-hydrogen) atoms. The zero-order chi connectivity index (χ0) is 19.1. The Labute approximate surface area is 153 Å². The van der Waals surface area contributed by atoms with Crippen molar-refractivity contribution in [3.8, 4) is 5.75 Å². The third-order valence-corrected chi connectivity index (χ3v) is 4.80. The van der Waals surface area contributed by atoms with E-state index in [0.29, 0.717) is 5.75 Å². The number of urea groups is 1. The number of nitrogens with one attached hydrogen (secondary N) is 2. The van der Waals surface area contributed by atoms with Crippen LogP contribution in [0.2, 0.25) is 0 Å². The summed E-state index contributed by atoms with van der Waals surface area (Å²) >= 11 is 0. The molecule has 6 nitrogen and oxygen atoms in total. The van der Waals surface area contributed by atoms with Gasteiger partial charge in [0.1, 0.15) is 11.4 Å². The van der Waals surface area contributed by atoms with Crippen LogP contribution in [-0.4, -0.2) is 31.1 Å². The molecule has 6 heteroatoms. The molecule has 3 amide bonds. The third kappa shape index (κ3) is 3.07. The van der Waals surface area contributed by atoms with Crippen molar-refractivity contribution in [2.75, 3.05) is 18.6 Å². The summed E-state index contributed by atoms with van der Waals surface area (Å²) in [7, 11) is 1.61. The number of carbonyl (C=O) groups is 2. The number of allylic oxidation sites excluding steroid dienone is 1. The molecule has 1 saturated heterocycles. The first-order valence-corrected chi connectivity index (χ1v) is 8.80. The maximum atomic E-state index is 11.8. The quantitative estimate of drug-likeness (QED) is 0.642. The zero-order valence-corrected chi connectivity index (χ0v) is 15.9. The lowest BCUT2D eigenvalue weighted by Gasteiger charge is -2.43. The minimum atomic E-state index is -0.509. The average molecular weight is 355 g/mol. The highest BCUT2D eigenvalue weighted by atomic mass is 16.5. The Morgan fingerprint density at radius 1 is 1.23 bits per heavy atom. The average Bonchev–Trinajstić information content (AvgIpc) is 2.88. The number of ether oxygens (including phenoxy) is 1. The Balaban J connectivity index is 2.14. The van der Waals surface area contributed by atoms with Crippen molar-refractivity contribution >= 4 is 29.3 Å². The Hall–Kier alpha value is -2.76. The van der Waals surface area contributed by atoms with Gasteiger partial charge in [-0.2, -0.15) is 0 Å². The molecule has 0 unspecified atom stereocenters. The van der Waals surface area contributed by atoms with Crippen LogP contribution in [0.1, 0.15) is 45.2 Å². The molecule has 2 heterocycles. The monoisotopic (exact) mass is 355 g/mol. The fourth-order valence-electron chi connectivity index (χ4n) is 3.68. The number of carbonyl (C=O) groups excluding carboxylic acids is 2. The zero-order valence-electron chi connectivity index (χ0n) is 15.9. The molecule has 1 aromatic rings. The van der Waals surface area contributed by atoms with Crippen molar-refractivity contribution in [2.24, 2.45) is 0 Å². The summed E-state index contributed by atoms with van der Waals surface area (Å²) < 4.78 is 5.58. The first-order chi connectivity index (χ1) is 12.3. The molecule has 1 fully saturated rings. The SMILES string of the molecule is CCCN1c2cc(OC)c(/C=C3\NC(=O)NC3=O)cc2C(C)=CC1(C)C. The first kappa shape index (κ1) is 18.0. The van der Waals surface area contributed by atoms with Crippen LogP contribution in [0.25, 0.3) is 11.6 Å². The Kier molecular flexibility index (Phi) is 4.52. The highest BCUT2D eigenvalue weighted by Crippen LogP contribution is 2.42. The molecule has 0 aromatic heterocycles. The van der Waals surface area contributed by atoms with Crippen LogP contribution < -0.4 is 20.3 Å². The molecule has 0 bridgehead atoms. The summed E-state index contributed by atoms with van der Waals surface area (Å²) in [6, 6.07) is 3.53.